The molecule has 0 aliphatic heterocycles. The Kier molecular flexibility index (Phi) is 4.01. The Morgan fingerprint density at radius 3 is 2.61 bits per heavy atom. The van der Waals surface area contributed by atoms with Crippen LogP contribution in [0.25, 0.3) is 10.8 Å². The molecule has 0 bridgehead atoms. The Hall–Kier alpha value is -3.21. The first kappa shape index (κ1) is 14.7. The highest BCUT2D eigenvalue weighted by Gasteiger charge is 2.16. The van der Waals surface area contributed by atoms with Crippen molar-refractivity contribution in [2.45, 2.75) is 6.61 Å². The molecule has 0 saturated heterocycles. The molecule has 114 valence electrons. The van der Waals surface area contributed by atoms with Gasteiger partial charge in [0.2, 0.25) is 0 Å². The molecule has 0 unspecified atom stereocenters. The van der Waals surface area contributed by atoms with Crippen molar-refractivity contribution in [1.29, 1.82) is 0 Å². The van der Waals surface area contributed by atoms with Gasteiger partial charge in [-0.15, -0.1) is 0 Å². The zero-order valence-electron chi connectivity index (χ0n) is 12.1. The molecule has 3 aromatic rings. The Bertz CT molecular complexity index is 884. The normalized spacial score (nSPS) is 10.4. The van der Waals surface area contributed by atoms with Crippen LogP contribution >= 0.6 is 0 Å². The van der Waals surface area contributed by atoms with E-state index in [1.807, 2.05) is 42.5 Å². The van der Waals surface area contributed by atoms with Crippen LogP contribution in [0.3, 0.4) is 0 Å². The maximum Gasteiger partial charge on any atom is 0.311 e. The average Bonchev–Trinajstić information content (AvgIpc) is 2.59. The van der Waals surface area contributed by atoms with Gasteiger partial charge >= 0.3 is 5.69 Å². The van der Waals surface area contributed by atoms with Crippen LogP contribution in [0.4, 0.5) is 5.69 Å². The molecule has 5 nitrogen and oxygen atoms in total. The Morgan fingerprint density at radius 2 is 1.83 bits per heavy atom. The smallest absolute Gasteiger partial charge is 0.311 e. The molecule has 0 aromatic heterocycles. The summed E-state index contributed by atoms with van der Waals surface area (Å²) in [4.78, 5) is 21.3. The number of aldehydes is 1. The lowest BCUT2D eigenvalue weighted by molar-refractivity contribution is -0.386. The molecule has 0 aliphatic rings. The lowest BCUT2D eigenvalue weighted by Gasteiger charge is -2.09. The Balaban J connectivity index is 1.91. The number of carbonyl (C=O) groups excluding carboxylic acids is 1. The zero-order chi connectivity index (χ0) is 16.2. The summed E-state index contributed by atoms with van der Waals surface area (Å²) in [5.74, 6) is 0.147. The van der Waals surface area contributed by atoms with Gasteiger partial charge in [-0.2, -0.15) is 0 Å². The topological polar surface area (TPSA) is 69.4 Å². The van der Waals surface area contributed by atoms with Crippen molar-refractivity contribution in [3.8, 4) is 5.75 Å². The molecule has 0 saturated carbocycles. The van der Waals surface area contributed by atoms with Gasteiger partial charge in [0.1, 0.15) is 12.9 Å². The molecule has 3 aromatic carbocycles. The van der Waals surface area contributed by atoms with E-state index in [0.717, 1.165) is 16.3 Å². The highest BCUT2D eigenvalue weighted by Crippen LogP contribution is 2.29. The van der Waals surface area contributed by atoms with E-state index >= 15 is 0 Å². The van der Waals surface area contributed by atoms with Crippen LogP contribution in [0, 0.1) is 10.1 Å². The standard InChI is InChI=1S/C18H13NO4/c20-11-13-8-9-18(17(10-13)19(21)22)23-12-15-6-3-5-14-4-1-2-7-16(14)15/h1-11H,12H2. The van der Waals surface area contributed by atoms with Gasteiger partial charge in [-0.25, -0.2) is 0 Å². The van der Waals surface area contributed by atoms with Gasteiger partial charge in [-0.1, -0.05) is 42.5 Å². The van der Waals surface area contributed by atoms with Gasteiger partial charge in [0.05, 0.1) is 4.92 Å². The monoisotopic (exact) mass is 307 g/mol. The zero-order valence-corrected chi connectivity index (χ0v) is 12.1. The SMILES string of the molecule is O=Cc1ccc(OCc2cccc3ccccc23)c([N+](=O)[O-])c1. The second-order valence-corrected chi connectivity index (χ2v) is 5.03. The van der Waals surface area contributed by atoms with Crippen molar-refractivity contribution in [1.82, 2.24) is 0 Å². The van der Waals surface area contributed by atoms with Crippen molar-refractivity contribution in [2.24, 2.45) is 0 Å². The maximum atomic E-state index is 11.1. The van der Waals surface area contributed by atoms with Crippen molar-refractivity contribution in [2.75, 3.05) is 0 Å². The van der Waals surface area contributed by atoms with Gasteiger partial charge in [0.15, 0.2) is 5.75 Å². The van der Waals surface area contributed by atoms with Crippen LogP contribution in [-0.2, 0) is 6.61 Å². The molecular formula is C18H13NO4. The van der Waals surface area contributed by atoms with Crippen LogP contribution < -0.4 is 4.74 Å². The van der Waals surface area contributed by atoms with E-state index in [4.69, 9.17) is 4.74 Å². The first-order chi connectivity index (χ1) is 11.2. The predicted octanol–water partition coefficient (Wildman–Crippen LogP) is 4.14. The number of benzene rings is 3. The van der Waals surface area contributed by atoms with Crippen LogP contribution in [0.2, 0.25) is 0 Å². The fourth-order valence-electron chi connectivity index (χ4n) is 2.45. The fourth-order valence-corrected chi connectivity index (χ4v) is 2.45. The molecule has 0 spiro atoms. The number of carbonyl (C=O) groups is 1. The van der Waals surface area contributed by atoms with Crippen LogP contribution in [0.1, 0.15) is 15.9 Å². The van der Waals surface area contributed by atoms with E-state index in [0.29, 0.717) is 6.29 Å². The summed E-state index contributed by atoms with van der Waals surface area (Å²) in [5.41, 5.74) is 0.973. The Labute approximate surface area is 132 Å². The van der Waals surface area contributed by atoms with E-state index in [-0.39, 0.29) is 23.6 Å². The van der Waals surface area contributed by atoms with E-state index in [2.05, 4.69) is 0 Å². The van der Waals surface area contributed by atoms with E-state index in [1.54, 1.807) is 0 Å². The molecule has 0 heterocycles. The largest absolute Gasteiger partial charge is 0.482 e. The Morgan fingerprint density at radius 1 is 1.04 bits per heavy atom. The number of rotatable bonds is 5. The average molecular weight is 307 g/mol. The molecule has 0 fully saturated rings. The molecule has 0 N–H and O–H groups in total. The number of nitro groups is 1. The first-order valence-electron chi connectivity index (χ1n) is 7.02. The van der Waals surface area contributed by atoms with Gasteiger partial charge < -0.3 is 4.74 Å². The summed E-state index contributed by atoms with van der Waals surface area (Å²) < 4.78 is 5.63. The molecule has 0 aliphatic carbocycles. The van der Waals surface area contributed by atoms with Crippen LogP contribution in [0.15, 0.2) is 60.7 Å². The summed E-state index contributed by atoms with van der Waals surface area (Å²) in [7, 11) is 0. The minimum atomic E-state index is -0.550. The van der Waals surface area contributed by atoms with Crippen LogP contribution in [-0.4, -0.2) is 11.2 Å². The van der Waals surface area contributed by atoms with Gasteiger partial charge in [0, 0.05) is 11.6 Å². The van der Waals surface area contributed by atoms with E-state index in [9.17, 15) is 14.9 Å². The molecule has 0 atom stereocenters. The van der Waals surface area contributed by atoms with E-state index < -0.39 is 4.92 Å². The number of hydrogen-bond donors (Lipinski definition) is 0. The van der Waals surface area contributed by atoms with E-state index in [1.165, 1.54) is 18.2 Å². The minimum absolute atomic E-state index is 0.147. The van der Waals surface area contributed by atoms with Gasteiger partial charge in [0.25, 0.3) is 0 Å². The summed E-state index contributed by atoms with van der Waals surface area (Å²) in [6.07, 6.45) is 0.571. The number of nitro benzene ring substituents is 1. The minimum Gasteiger partial charge on any atom is -0.482 e. The van der Waals surface area contributed by atoms with Gasteiger partial charge in [-0.05, 0) is 28.5 Å². The van der Waals surface area contributed by atoms with Crippen molar-refractivity contribution in [3.63, 3.8) is 0 Å². The molecule has 5 heteroatoms. The third-order valence-corrected chi connectivity index (χ3v) is 3.58. The lowest BCUT2D eigenvalue weighted by Crippen LogP contribution is -2.00. The number of nitrogens with zero attached hydrogens (tertiary/aromatic N) is 1. The van der Waals surface area contributed by atoms with Crippen molar-refractivity contribution >= 4 is 22.7 Å². The first-order valence-corrected chi connectivity index (χ1v) is 7.02. The van der Waals surface area contributed by atoms with Crippen molar-refractivity contribution in [3.05, 3.63) is 81.9 Å². The van der Waals surface area contributed by atoms with Crippen LogP contribution in [0.5, 0.6) is 5.75 Å². The fraction of sp³-hybridized carbons (Fsp3) is 0.0556. The summed E-state index contributed by atoms with van der Waals surface area (Å²) in [5, 5.41) is 13.2. The summed E-state index contributed by atoms with van der Waals surface area (Å²) in [6, 6.07) is 17.9. The number of hydrogen-bond acceptors (Lipinski definition) is 4. The molecule has 23 heavy (non-hydrogen) atoms. The summed E-state index contributed by atoms with van der Waals surface area (Å²) in [6.45, 7) is 0.211. The third kappa shape index (κ3) is 3.03. The summed E-state index contributed by atoms with van der Waals surface area (Å²) >= 11 is 0. The molecule has 3 rings (SSSR count). The second kappa shape index (κ2) is 6.27. The quantitative estimate of drug-likeness (QED) is 0.403. The second-order valence-electron chi connectivity index (χ2n) is 5.03. The molecule has 0 amide bonds. The molecule has 0 radical (unpaired) electrons. The molecular weight excluding hydrogens is 294 g/mol. The van der Waals surface area contributed by atoms with Gasteiger partial charge in [-0.3, -0.25) is 14.9 Å². The highest BCUT2D eigenvalue weighted by molar-refractivity contribution is 5.85. The highest BCUT2D eigenvalue weighted by atomic mass is 16.6. The number of ether oxygens (including phenoxy) is 1. The number of fused-ring (bicyclic) bond motifs is 1. The third-order valence-electron chi connectivity index (χ3n) is 3.58. The maximum absolute atomic E-state index is 11.1. The van der Waals surface area contributed by atoms with Crippen molar-refractivity contribution < 1.29 is 14.5 Å². The predicted molar refractivity (Wildman–Crippen MR) is 86.8 cm³/mol. The lowest BCUT2D eigenvalue weighted by atomic mass is 10.1.